The molecular weight excluding hydrogens is 261 g/mol. The maximum absolute atomic E-state index is 9.20. The van der Waals surface area contributed by atoms with E-state index < -0.39 is 0 Å². The molecule has 1 radical (unpaired) electrons. The number of oxime groups is 1. The first-order chi connectivity index (χ1) is 8.34. The molecule has 1 N–H and O–H groups in total. The molecule has 1 unspecified atom stereocenters. The summed E-state index contributed by atoms with van der Waals surface area (Å²) < 4.78 is 0. The molecule has 0 bridgehead atoms. The maximum atomic E-state index is 9.20. The molecule has 1 spiro atoms. The van der Waals surface area contributed by atoms with Gasteiger partial charge in [0.2, 0.25) is 0 Å². The Labute approximate surface area is 120 Å². The minimum absolute atomic E-state index is 0. The molecule has 1 aromatic carbocycles. The molecule has 1 atom stereocenters. The average Bonchev–Trinajstić information content (AvgIpc) is 2.64. The van der Waals surface area contributed by atoms with Gasteiger partial charge in [-0.25, -0.2) is 0 Å². The SMILES string of the molecule is O/N=C1\CCCC12CCCc1cc[c-]cc1C2.[V]. The van der Waals surface area contributed by atoms with E-state index in [0.29, 0.717) is 0 Å². The van der Waals surface area contributed by atoms with Gasteiger partial charge in [0.25, 0.3) is 0 Å². The van der Waals surface area contributed by atoms with Crippen LogP contribution in [-0.2, 0) is 31.4 Å². The molecule has 0 heterocycles. The quantitative estimate of drug-likeness (QED) is 0.441. The monoisotopic (exact) mass is 279 g/mol. The second-order valence-electron chi connectivity index (χ2n) is 5.41. The van der Waals surface area contributed by atoms with Crippen molar-refractivity contribution in [2.24, 2.45) is 10.6 Å². The number of aryl methyl sites for hydroxylation is 1. The summed E-state index contributed by atoms with van der Waals surface area (Å²) in [6.07, 6.45) is 7.90. The van der Waals surface area contributed by atoms with Gasteiger partial charge >= 0.3 is 0 Å². The fraction of sp³-hybridized carbons (Fsp3) is 0.533. The van der Waals surface area contributed by atoms with Crippen molar-refractivity contribution in [2.45, 2.75) is 44.9 Å². The van der Waals surface area contributed by atoms with Crippen LogP contribution in [0.5, 0.6) is 0 Å². The van der Waals surface area contributed by atoms with Crippen molar-refractivity contribution in [1.82, 2.24) is 0 Å². The number of hydrogen-bond acceptors (Lipinski definition) is 2. The van der Waals surface area contributed by atoms with Gasteiger partial charge in [0, 0.05) is 24.0 Å². The minimum atomic E-state index is 0. The Kier molecular flexibility index (Phi) is 4.19. The Morgan fingerprint density at radius 1 is 1.17 bits per heavy atom. The van der Waals surface area contributed by atoms with Crippen molar-refractivity contribution < 1.29 is 23.8 Å². The molecule has 1 fully saturated rings. The van der Waals surface area contributed by atoms with E-state index >= 15 is 0 Å². The molecule has 18 heavy (non-hydrogen) atoms. The third-order valence-corrected chi connectivity index (χ3v) is 4.48. The predicted molar refractivity (Wildman–Crippen MR) is 67.4 cm³/mol. The van der Waals surface area contributed by atoms with Crippen molar-refractivity contribution >= 4 is 5.71 Å². The van der Waals surface area contributed by atoms with Gasteiger partial charge in [-0.1, -0.05) is 24.4 Å². The number of fused-ring (bicyclic) bond motifs is 1. The van der Waals surface area contributed by atoms with Crippen LogP contribution in [0.2, 0.25) is 0 Å². The van der Waals surface area contributed by atoms with Crippen LogP contribution >= 0.6 is 0 Å². The number of rotatable bonds is 0. The van der Waals surface area contributed by atoms with Crippen LogP contribution in [0.1, 0.15) is 43.2 Å². The summed E-state index contributed by atoms with van der Waals surface area (Å²) in [7, 11) is 0. The van der Waals surface area contributed by atoms with E-state index in [0.717, 1.165) is 25.0 Å². The summed E-state index contributed by atoms with van der Waals surface area (Å²) in [5.74, 6) is 0. The van der Waals surface area contributed by atoms with Gasteiger partial charge in [0.05, 0.1) is 5.71 Å². The van der Waals surface area contributed by atoms with Gasteiger partial charge in [-0.3, -0.25) is 0 Å². The molecule has 0 aliphatic heterocycles. The van der Waals surface area contributed by atoms with Gasteiger partial charge < -0.3 is 5.21 Å². The van der Waals surface area contributed by atoms with Crippen molar-refractivity contribution in [3.63, 3.8) is 0 Å². The Hall–Kier alpha value is -0.726. The fourth-order valence-corrected chi connectivity index (χ4v) is 3.60. The van der Waals surface area contributed by atoms with Crippen LogP contribution in [-0.4, -0.2) is 10.9 Å². The van der Waals surface area contributed by atoms with Crippen LogP contribution in [0, 0.1) is 11.5 Å². The van der Waals surface area contributed by atoms with Crippen molar-refractivity contribution in [1.29, 1.82) is 0 Å². The smallest absolute Gasteiger partial charge is 0.0625 e. The number of nitrogens with zero attached hydrogens (tertiary/aromatic N) is 1. The first kappa shape index (κ1) is 13.7. The van der Waals surface area contributed by atoms with Crippen LogP contribution in [0.25, 0.3) is 0 Å². The van der Waals surface area contributed by atoms with E-state index in [9.17, 15) is 5.21 Å². The summed E-state index contributed by atoms with van der Waals surface area (Å²) in [4.78, 5) is 0. The second-order valence-corrected chi connectivity index (χ2v) is 5.41. The molecule has 3 heteroatoms. The Morgan fingerprint density at radius 3 is 2.72 bits per heavy atom. The van der Waals surface area contributed by atoms with Crippen LogP contribution in [0.3, 0.4) is 0 Å². The van der Waals surface area contributed by atoms with E-state index in [2.05, 4.69) is 23.4 Å². The summed E-state index contributed by atoms with van der Waals surface area (Å²) >= 11 is 0. The Morgan fingerprint density at radius 2 is 1.94 bits per heavy atom. The van der Waals surface area contributed by atoms with Crippen molar-refractivity contribution in [3.05, 3.63) is 35.4 Å². The number of benzene rings is 1. The maximum Gasteiger partial charge on any atom is 0.0625 e. The summed E-state index contributed by atoms with van der Waals surface area (Å²) in [6, 6.07) is 9.51. The molecule has 1 saturated carbocycles. The molecule has 1 aromatic rings. The second kappa shape index (κ2) is 5.50. The molecule has 0 saturated heterocycles. The zero-order valence-corrected chi connectivity index (χ0v) is 11.9. The standard InChI is InChI=1S/C15H18NO.V/c17-16-14-8-4-10-15(14)9-3-7-12-5-1-2-6-13(12)11-15;/h1,5-6,17H,3-4,7-11H2;/q-1;/b16-14+;. The summed E-state index contributed by atoms with van der Waals surface area (Å²) in [6.45, 7) is 0. The van der Waals surface area contributed by atoms with E-state index in [4.69, 9.17) is 0 Å². The fourth-order valence-electron chi connectivity index (χ4n) is 3.60. The van der Waals surface area contributed by atoms with Gasteiger partial charge in [0.1, 0.15) is 0 Å². The van der Waals surface area contributed by atoms with E-state index in [1.807, 2.05) is 6.07 Å². The van der Waals surface area contributed by atoms with E-state index in [-0.39, 0.29) is 24.0 Å². The van der Waals surface area contributed by atoms with Gasteiger partial charge in [-0.05, 0) is 25.7 Å². The van der Waals surface area contributed by atoms with Crippen LogP contribution in [0.4, 0.5) is 0 Å². The topological polar surface area (TPSA) is 32.6 Å². The molecule has 2 nitrogen and oxygen atoms in total. The van der Waals surface area contributed by atoms with Crippen LogP contribution in [0.15, 0.2) is 23.4 Å². The zero-order valence-electron chi connectivity index (χ0n) is 10.5. The Balaban J connectivity index is 0.00000120. The molecular formula is C15H18NOV-. The molecule has 2 aliphatic carbocycles. The normalized spacial score (nSPS) is 28.8. The number of hydrogen-bond donors (Lipinski definition) is 1. The molecule has 95 valence electrons. The molecule has 2 aliphatic rings. The van der Waals surface area contributed by atoms with Gasteiger partial charge in [-0.2, -0.15) is 35.4 Å². The molecule has 3 rings (SSSR count). The summed E-state index contributed by atoms with van der Waals surface area (Å²) in [5.41, 5.74) is 4.06. The third-order valence-electron chi connectivity index (χ3n) is 4.48. The minimum Gasteiger partial charge on any atom is -0.411 e. The van der Waals surface area contributed by atoms with Crippen molar-refractivity contribution in [2.75, 3.05) is 0 Å². The summed E-state index contributed by atoms with van der Waals surface area (Å²) in [5, 5.41) is 12.8. The van der Waals surface area contributed by atoms with Crippen molar-refractivity contribution in [3.8, 4) is 0 Å². The third kappa shape index (κ3) is 2.24. The first-order valence-electron chi connectivity index (χ1n) is 6.53. The van der Waals surface area contributed by atoms with Gasteiger partial charge in [0.15, 0.2) is 0 Å². The molecule has 0 amide bonds. The Bertz CT molecular complexity index is 458. The first-order valence-corrected chi connectivity index (χ1v) is 6.53. The van der Waals surface area contributed by atoms with E-state index in [1.54, 1.807) is 0 Å². The predicted octanol–water partition coefficient (Wildman–Crippen LogP) is 3.36. The molecule has 0 aromatic heterocycles. The largest absolute Gasteiger partial charge is 0.411 e. The zero-order chi connectivity index (χ0) is 11.7. The van der Waals surface area contributed by atoms with Crippen LogP contribution < -0.4 is 0 Å². The average molecular weight is 279 g/mol. The van der Waals surface area contributed by atoms with E-state index in [1.165, 1.54) is 36.8 Å². The van der Waals surface area contributed by atoms with Gasteiger partial charge in [-0.15, -0.1) is 0 Å².